The number of carbonyl (C=O) groups is 1. The minimum Gasteiger partial charge on any atom is -0.361 e. The standard InChI is InChI=1S/C19H22ClFN2O2/c1-11-16(12(2)25-23-11)18(3,4)17(24)22-15-9-19(21,10-15)13-6-5-7-14(20)8-13/h5-8,15H,9-10H2,1-4H3,(H,22,24). The Kier molecular flexibility index (Phi) is 4.40. The first-order valence-corrected chi connectivity index (χ1v) is 8.70. The second-order valence-corrected chi connectivity index (χ2v) is 7.81. The van der Waals surface area contributed by atoms with Gasteiger partial charge in [-0.25, -0.2) is 4.39 Å². The molecule has 4 nitrogen and oxygen atoms in total. The van der Waals surface area contributed by atoms with Gasteiger partial charge in [0.1, 0.15) is 11.4 Å². The highest BCUT2D eigenvalue weighted by atomic mass is 35.5. The van der Waals surface area contributed by atoms with Crippen molar-refractivity contribution in [3.8, 4) is 0 Å². The third-order valence-corrected chi connectivity index (χ3v) is 5.28. The molecular formula is C19H22ClFN2O2. The van der Waals surface area contributed by atoms with Crippen LogP contribution in [0, 0.1) is 13.8 Å². The second-order valence-electron chi connectivity index (χ2n) is 7.38. The van der Waals surface area contributed by atoms with Crippen LogP contribution in [-0.4, -0.2) is 17.1 Å². The van der Waals surface area contributed by atoms with Gasteiger partial charge in [0.05, 0.1) is 11.1 Å². The average molecular weight is 365 g/mol. The number of nitrogens with one attached hydrogen (secondary N) is 1. The third-order valence-electron chi connectivity index (χ3n) is 5.04. The zero-order valence-electron chi connectivity index (χ0n) is 14.8. The molecule has 1 aromatic heterocycles. The number of carbonyl (C=O) groups excluding carboxylic acids is 1. The molecule has 1 amide bonds. The van der Waals surface area contributed by atoms with Gasteiger partial charge in [-0.05, 0) is 45.4 Å². The lowest BCUT2D eigenvalue weighted by Gasteiger charge is -2.43. The van der Waals surface area contributed by atoms with E-state index in [1.165, 1.54) is 0 Å². The van der Waals surface area contributed by atoms with Gasteiger partial charge in [-0.3, -0.25) is 4.79 Å². The fourth-order valence-corrected chi connectivity index (χ4v) is 3.87. The molecule has 0 spiro atoms. The molecule has 0 radical (unpaired) electrons. The first-order valence-electron chi connectivity index (χ1n) is 8.33. The summed E-state index contributed by atoms with van der Waals surface area (Å²) in [6.45, 7) is 7.26. The monoisotopic (exact) mass is 364 g/mol. The van der Waals surface area contributed by atoms with Crippen LogP contribution in [0.2, 0.25) is 5.02 Å². The number of nitrogens with zero attached hydrogens (tertiary/aromatic N) is 1. The molecule has 25 heavy (non-hydrogen) atoms. The summed E-state index contributed by atoms with van der Waals surface area (Å²) >= 11 is 5.95. The fraction of sp³-hybridized carbons (Fsp3) is 0.474. The highest BCUT2D eigenvalue weighted by Gasteiger charge is 2.48. The van der Waals surface area contributed by atoms with E-state index in [9.17, 15) is 9.18 Å². The molecule has 1 N–H and O–H groups in total. The van der Waals surface area contributed by atoms with E-state index < -0.39 is 11.1 Å². The molecule has 1 aromatic carbocycles. The van der Waals surface area contributed by atoms with Crippen LogP contribution < -0.4 is 5.32 Å². The van der Waals surface area contributed by atoms with E-state index in [4.69, 9.17) is 16.1 Å². The largest absolute Gasteiger partial charge is 0.361 e. The normalized spacial score (nSPS) is 23.2. The number of alkyl halides is 1. The van der Waals surface area contributed by atoms with Crippen molar-refractivity contribution >= 4 is 17.5 Å². The molecule has 3 rings (SSSR count). The Morgan fingerprint density at radius 2 is 2.08 bits per heavy atom. The van der Waals surface area contributed by atoms with Gasteiger partial charge in [0, 0.05) is 29.5 Å². The van der Waals surface area contributed by atoms with E-state index in [1.54, 1.807) is 31.2 Å². The van der Waals surface area contributed by atoms with E-state index in [2.05, 4.69) is 10.5 Å². The van der Waals surface area contributed by atoms with Gasteiger partial charge in [0.2, 0.25) is 5.91 Å². The summed E-state index contributed by atoms with van der Waals surface area (Å²) in [7, 11) is 0. The number of hydrogen-bond donors (Lipinski definition) is 1. The highest BCUT2D eigenvalue weighted by Crippen LogP contribution is 2.46. The minimum absolute atomic E-state index is 0.153. The van der Waals surface area contributed by atoms with Gasteiger partial charge in [-0.1, -0.05) is 28.9 Å². The summed E-state index contributed by atoms with van der Waals surface area (Å²) in [6.07, 6.45) is 0.494. The SMILES string of the molecule is Cc1noc(C)c1C(C)(C)C(=O)NC1CC(F)(c2cccc(Cl)c2)C1. The summed E-state index contributed by atoms with van der Waals surface area (Å²) in [5.74, 6) is 0.477. The molecule has 0 unspecified atom stereocenters. The zero-order valence-corrected chi connectivity index (χ0v) is 15.6. The topological polar surface area (TPSA) is 55.1 Å². The molecule has 2 aromatic rings. The van der Waals surface area contributed by atoms with Crippen molar-refractivity contribution in [3.05, 3.63) is 51.9 Å². The molecule has 134 valence electrons. The zero-order chi connectivity index (χ0) is 18.4. The maximum atomic E-state index is 15.0. The summed E-state index contributed by atoms with van der Waals surface area (Å²) in [5.41, 5.74) is -0.180. The van der Waals surface area contributed by atoms with Crippen LogP contribution in [0.15, 0.2) is 28.8 Å². The van der Waals surface area contributed by atoms with Crippen LogP contribution >= 0.6 is 11.6 Å². The number of halogens is 2. The lowest BCUT2D eigenvalue weighted by atomic mass is 9.72. The molecule has 0 aliphatic heterocycles. The van der Waals surface area contributed by atoms with Gasteiger partial charge in [0.15, 0.2) is 0 Å². The lowest BCUT2D eigenvalue weighted by molar-refractivity contribution is -0.128. The van der Waals surface area contributed by atoms with Gasteiger partial charge in [0.25, 0.3) is 0 Å². The number of aryl methyl sites for hydroxylation is 2. The van der Waals surface area contributed by atoms with Gasteiger partial charge in [-0.2, -0.15) is 0 Å². The predicted octanol–water partition coefficient (Wildman–Crippen LogP) is 4.37. The first-order chi connectivity index (χ1) is 11.6. The maximum absolute atomic E-state index is 15.0. The van der Waals surface area contributed by atoms with Gasteiger partial charge in [-0.15, -0.1) is 0 Å². The summed E-state index contributed by atoms with van der Waals surface area (Å²) in [5, 5.41) is 7.39. The molecule has 1 saturated carbocycles. The maximum Gasteiger partial charge on any atom is 0.230 e. The Bertz CT molecular complexity index is 790. The van der Waals surface area contributed by atoms with Crippen molar-refractivity contribution in [1.82, 2.24) is 10.5 Å². The van der Waals surface area contributed by atoms with Crippen molar-refractivity contribution in [1.29, 1.82) is 0 Å². The summed E-state index contributed by atoms with van der Waals surface area (Å²) < 4.78 is 20.2. The molecule has 1 aliphatic carbocycles. The Morgan fingerprint density at radius 1 is 1.40 bits per heavy atom. The smallest absolute Gasteiger partial charge is 0.230 e. The Balaban J connectivity index is 1.68. The van der Waals surface area contributed by atoms with Crippen molar-refractivity contribution in [2.24, 2.45) is 0 Å². The fourth-order valence-electron chi connectivity index (χ4n) is 3.68. The van der Waals surface area contributed by atoms with Crippen LogP contribution in [-0.2, 0) is 15.9 Å². The Labute approximate surface area is 151 Å². The van der Waals surface area contributed by atoms with E-state index in [-0.39, 0.29) is 24.8 Å². The highest BCUT2D eigenvalue weighted by molar-refractivity contribution is 6.30. The van der Waals surface area contributed by atoms with Crippen molar-refractivity contribution in [2.45, 2.75) is 57.7 Å². The first kappa shape index (κ1) is 17.9. The molecule has 1 heterocycles. The van der Waals surface area contributed by atoms with Crippen LogP contribution in [0.5, 0.6) is 0 Å². The quantitative estimate of drug-likeness (QED) is 0.876. The predicted molar refractivity (Wildman–Crippen MR) is 94.4 cm³/mol. The number of aromatic nitrogens is 1. The third kappa shape index (κ3) is 3.17. The van der Waals surface area contributed by atoms with Crippen molar-refractivity contribution < 1.29 is 13.7 Å². The molecule has 6 heteroatoms. The minimum atomic E-state index is -1.43. The number of benzene rings is 1. The Morgan fingerprint density at radius 3 is 2.64 bits per heavy atom. The lowest BCUT2D eigenvalue weighted by Crippen LogP contribution is -2.54. The van der Waals surface area contributed by atoms with E-state index in [0.717, 1.165) is 5.56 Å². The van der Waals surface area contributed by atoms with Crippen molar-refractivity contribution in [2.75, 3.05) is 0 Å². The van der Waals surface area contributed by atoms with E-state index in [0.29, 0.717) is 22.0 Å². The number of rotatable bonds is 4. The van der Waals surface area contributed by atoms with Crippen LogP contribution in [0.4, 0.5) is 4.39 Å². The summed E-state index contributed by atoms with van der Waals surface area (Å²) in [6, 6.07) is 6.64. The molecule has 0 atom stereocenters. The Hall–Kier alpha value is -1.88. The van der Waals surface area contributed by atoms with Crippen LogP contribution in [0.25, 0.3) is 0 Å². The van der Waals surface area contributed by atoms with E-state index in [1.807, 2.05) is 20.8 Å². The van der Waals surface area contributed by atoms with E-state index >= 15 is 0 Å². The molecule has 0 bridgehead atoms. The van der Waals surface area contributed by atoms with Crippen LogP contribution in [0.3, 0.4) is 0 Å². The summed E-state index contributed by atoms with van der Waals surface area (Å²) in [4.78, 5) is 12.7. The molecular weight excluding hydrogens is 343 g/mol. The molecule has 1 fully saturated rings. The second kappa shape index (κ2) is 6.13. The number of hydrogen-bond acceptors (Lipinski definition) is 3. The molecule has 1 aliphatic rings. The van der Waals surface area contributed by atoms with Gasteiger partial charge >= 0.3 is 0 Å². The number of amides is 1. The van der Waals surface area contributed by atoms with Crippen LogP contribution in [0.1, 0.15) is 49.3 Å². The molecule has 0 saturated heterocycles. The van der Waals surface area contributed by atoms with Crippen molar-refractivity contribution in [3.63, 3.8) is 0 Å². The van der Waals surface area contributed by atoms with Gasteiger partial charge < -0.3 is 9.84 Å². The average Bonchev–Trinajstić information content (AvgIpc) is 2.85.